The number of carbonyl (C=O) groups is 1. The highest BCUT2D eigenvalue weighted by Gasteiger charge is 2.16. The summed E-state index contributed by atoms with van der Waals surface area (Å²) in [4.78, 5) is 12.7. The molecule has 7 heteroatoms. The van der Waals surface area contributed by atoms with Gasteiger partial charge in [-0.2, -0.15) is 0 Å². The van der Waals surface area contributed by atoms with E-state index in [0.717, 1.165) is 37.7 Å². The number of hydrogen-bond donors (Lipinski definition) is 3. The zero-order chi connectivity index (χ0) is 34.0. The van der Waals surface area contributed by atoms with Crippen LogP contribution in [0.15, 0.2) is 47.4 Å². The normalized spacial score (nSPS) is 11.5. The van der Waals surface area contributed by atoms with Crippen LogP contribution < -0.4 is 10.0 Å². The first kappa shape index (κ1) is 40.6. The fourth-order valence-corrected chi connectivity index (χ4v) is 7.13. The minimum Gasteiger partial charge on any atom is -0.506 e. The number of phenolic OH excluding ortho intramolecular Hbond substituents is 1. The Morgan fingerprint density at radius 1 is 0.596 bits per heavy atom. The first-order valence-electron chi connectivity index (χ1n) is 19.1. The van der Waals surface area contributed by atoms with E-state index in [-0.39, 0.29) is 27.9 Å². The Balaban J connectivity index is 1.66. The number of nitrogens with one attached hydrogen (secondary N) is 2. The van der Waals surface area contributed by atoms with Crippen molar-refractivity contribution < 1.29 is 18.3 Å². The van der Waals surface area contributed by atoms with E-state index < -0.39 is 10.0 Å². The van der Waals surface area contributed by atoms with Crippen molar-refractivity contribution in [2.45, 2.75) is 179 Å². The van der Waals surface area contributed by atoms with Crippen molar-refractivity contribution in [3.63, 3.8) is 0 Å². The number of amides is 1. The number of benzene rings is 2. The standard InChI is InChI=1S/C40H66N2O4S/c1-3-5-7-9-11-13-15-16-17-19-21-23-25-27-40(44)41-38-34-36(30-33-39(38)43)42-47(45,46)37-31-28-35(29-32-37)26-24-22-20-18-14-12-10-8-6-4-2/h28-34,42-43H,3-27H2,1-2H3,(H,41,44). The topological polar surface area (TPSA) is 95.5 Å². The Morgan fingerprint density at radius 3 is 1.53 bits per heavy atom. The predicted molar refractivity (Wildman–Crippen MR) is 200 cm³/mol. The molecule has 266 valence electrons. The molecular weight excluding hydrogens is 605 g/mol. The number of sulfonamides is 1. The van der Waals surface area contributed by atoms with Gasteiger partial charge in [0.05, 0.1) is 16.3 Å². The quantitative estimate of drug-likeness (QED) is 0.0456. The van der Waals surface area contributed by atoms with E-state index in [1.165, 1.54) is 140 Å². The fourth-order valence-electron chi connectivity index (χ4n) is 6.08. The number of aromatic hydroxyl groups is 1. The Morgan fingerprint density at radius 2 is 1.04 bits per heavy atom. The molecule has 2 aromatic rings. The molecule has 6 nitrogen and oxygen atoms in total. The molecule has 0 radical (unpaired) electrons. The Kier molecular flexibility index (Phi) is 22.0. The third kappa shape index (κ3) is 19.1. The van der Waals surface area contributed by atoms with Crippen LogP contribution in [-0.2, 0) is 21.2 Å². The Labute approximate surface area is 288 Å². The maximum atomic E-state index is 13.1. The van der Waals surface area contributed by atoms with E-state index in [4.69, 9.17) is 0 Å². The average molecular weight is 671 g/mol. The van der Waals surface area contributed by atoms with Crippen molar-refractivity contribution >= 4 is 27.3 Å². The minimum atomic E-state index is -3.81. The molecule has 0 aromatic heterocycles. The number of rotatable bonds is 29. The number of unbranched alkanes of at least 4 members (excludes halogenated alkanes) is 21. The van der Waals surface area contributed by atoms with Crippen molar-refractivity contribution in [2.24, 2.45) is 0 Å². The molecule has 2 aromatic carbocycles. The van der Waals surface area contributed by atoms with Crippen molar-refractivity contribution in [1.29, 1.82) is 0 Å². The molecule has 0 spiro atoms. The van der Waals surface area contributed by atoms with Gasteiger partial charge in [0.25, 0.3) is 10.0 Å². The molecule has 0 fully saturated rings. The summed E-state index contributed by atoms with van der Waals surface area (Å²) in [6.07, 6.45) is 30.5. The van der Waals surface area contributed by atoms with Gasteiger partial charge in [-0.3, -0.25) is 9.52 Å². The van der Waals surface area contributed by atoms with E-state index in [9.17, 15) is 18.3 Å². The maximum Gasteiger partial charge on any atom is 0.261 e. The van der Waals surface area contributed by atoms with Gasteiger partial charge in [-0.25, -0.2) is 8.42 Å². The van der Waals surface area contributed by atoms with Crippen LogP contribution in [0, 0.1) is 0 Å². The van der Waals surface area contributed by atoms with Gasteiger partial charge in [0.1, 0.15) is 5.75 Å². The average Bonchev–Trinajstić information content (AvgIpc) is 3.06. The van der Waals surface area contributed by atoms with Crippen molar-refractivity contribution in [3.05, 3.63) is 48.0 Å². The zero-order valence-electron chi connectivity index (χ0n) is 29.8. The summed E-state index contributed by atoms with van der Waals surface area (Å²) in [5, 5.41) is 13.0. The van der Waals surface area contributed by atoms with Gasteiger partial charge >= 0.3 is 0 Å². The molecule has 0 bridgehead atoms. The summed E-state index contributed by atoms with van der Waals surface area (Å²) in [6, 6.07) is 11.4. The number of phenols is 1. The molecule has 0 aliphatic heterocycles. The number of anilines is 2. The molecule has 0 atom stereocenters. The molecule has 3 N–H and O–H groups in total. The van der Waals surface area contributed by atoms with Crippen molar-refractivity contribution in [2.75, 3.05) is 10.0 Å². The van der Waals surface area contributed by atoms with Gasteiger partial charge in [0.15, 0.2) is 0 Å². The summed E-state index contributed by atoms with van der Waals surface area (Å²) in [7, 11) is -3.81. The van der Waals surface area contributed by atoms with Gasteiger partial charge in [0.2, 0.25) is 5.91 Å². The summed E-state index contributed by atoms with van der Waals surface area (Å²) in [6.45, 7) is 4.50. The second-order valence-corrected chi connectivity index (χ2v) is 15.1. The summed E-state index contributed by atoms with van der Waals surface area (Å²) in [5.41, 5.74) is 1.63. The van der Waals surface area contributed by atoms with E-state index in [0.29, 0.717) is 6.42 Å². The summed E-state index contributed by atoms with van der Waals surface area (Å²) in [5.74, 6) is -0.274. The molecule has 0 heterocycles. The van der Waals surface area contributed by atoms with E-state index in [1.54, 1.807) is 12.1 Å². The summed E-state index contributed by atoms with van der Waals surface area (Å²) < 4.78 is 28.7. The van der Waals surface area contributed by atoms with Gasteiger partial charge in [0, 0.05) is 6.42 Å². The maximum absolute atomic E-state index is 13.1. The fraction of sp³-hybridized carbons (Fsp3) is 0.675. The first-order chi connectivity index (χ1) is 22.9. The molecule has 0 saturated carbocycles. The van der Waals surface area contributed by atoms with E-state index in [1.807, 2.05) is 12.1 Å². The van der Waals surface area contributed by atoms with Crippen LogP contribution in [0.5, 0.6) is 5.75 Å². The zero-order valence-corrected chi connectivity index (χ0v) is 30.6. The highest BCUT2D eigenvalue weighted by atomic mass is 32.2. The highest BCUT2D eigenvalue weighted by molar-refractivity contribution is 7.92. The third-order valence-corrected chi connectivity index (χ3v) is 10.5. The highest BCUT2D eigenvalue weighted by Crippen LogP contribution is 2.28. The SMILES string of the molecule is CCCCCCCCCCCCCCCC(=O)Nc1cc(NS(=O)(=O)c2ccc(CCCCCCCCCCCC)cc2)ccc1O. The van der Waals surface area contributed by atoms with Crippen molar-refractivity contribution in [3.8, 4) is 5.75 Å². The molecule has 0 saturated heterocycles. The predicted octanol–water partition coefficient (Wildman–Crippen LogP) is 12.1. The third-order valence-electron chi connectivity index (χ3n) is 9.08. The van der Waals surface area contributed by atoms with Crippen LogP contribution in [0.3, 0.4) is 0 Å². The van der Waals surface area contributed by atoms with Crippen LogP contribution in [-0.4, -0.2) is 19.4 Å². The molecule has 0 aliphatic carbocycles. The van der Waals surface area contributed by atoms with E-state index >= 15 is 0 Å². The molecule has 2 rings (SSSR count). The van der Waals surface area contributed by atoms with Crippen LogP contribution in [0.1, 0.15) is 174 Å². The lowest BCUT2D eigenvalue weighted by molar-refractivity contribution is -0.116. The molecule has 1 amide bonds. The minimum absolute atomic E-state index is 0.0945. The van der Waals surface area contributed by atoms with Crippen LogP contribution >= 0.6 is 0 Å². The summed E-state index contributed by atoms with van der Waals surface area (Å²) >= 11 is 0. The molecular formula is C40H66N2O4S. The largest absolute Gasteiger partial charge is 0.506 e. The number of aryl methyl sites for hydroxylation is 1. The van der Waals surface area contributed by atoms with Gasteiger partial charge in [-0.1, -0.05) is 161 Å². The first-order valence-corrected chi connectivity index (χ1v) is 20.6. The van der Waals surface area contributed by atoms with Gasteiger partial charge in [-0.05, 0) is 55.2 Å². The van der Waals surface area contributed by atoms with Crippen LogP contribution in [0.25, 0.3) is 0 Å². The lowest BCUT2D eigenvalue weighted by Crippen LogP contribution is -2.14. The monoisotopic (exact) mass is 670 g/mol. The lowest BCUT2D eigenvalue weighted by Gasteiger charge is -2.12. The van der Waals surface area contributed by atoms with Crippen molar-refractivity contribution in [1.82, 2.24) is 0 Å². The van der Waals surface area contributed by atoms with E-state index in [2.05, 4.69) is 23.9 Å². The van der Waals surface area contributed by atoms with Gasteiger partial charge in [-0.15, -0.1) is 0 Å². The number of hydrogen-bond acceptors (Lipinski definition) is 4. The Bertz CT molecular complexity index is 1200. The Hall–Kier alpha value is -2.54. The molecule has 47 heavy (non-hydrogen) atoms. The lowest BCUT2D eigenvalue weighted by atomic mass is 10.0. The molecule has 0 aliphatic rings. The van der Waals surface area contributed by atoms with Crippen LogP contribution in [0.4, 0.5) is 11.4 Å². The van der Waals surface area contributed by atoms with Crippen LogP contribution in [0.2, 0.25) is 0 Å². The molecule has 0 unspecified atom stereocenters. The van der Waals surface area contributed by atoms with Gasteiger partial charge < -0.3 is 10.4 Å². The number of carbonyl (C=O) groups excluding carboxylic acids is 1. The second-order valence-electron chi connectivity index (χ2n) is 13.5. The smallest absolute Gasteiger partial charge is 0.261 e. The second kappa shape index (κ2) is 25.5.